The molecule has 112 valence electrons. The minimum absolute atomic E-state index is 0.0259. The van der Waals surface area contributed by atoms with E-state index in [1.54, 1.807) is 22.9 Å². The van der Waals surface area contributed by atoms with E-state index >= 15 is 0 Å². The predicted octanol–water partition coefficient (Wildman–Crippen LogP) is 2.16. The Morgan fingerprint density at radius 1 is 1.29 bits per heavy atom. The van der Waals surface area contributed by atoms with Crippen LogP contribution in [0.25, 0.3) is 5.65 Å². The second-order valence-electron chi connectivity index (χ2n) is 4.46. The van der Waals surface area contributed by atoms with Gasteiger partial charge in [0, 0.05) is 31.8 Å². The molecule has 21 heavy (non-hydrogen) atoms. The average Bonchev–Trinajstić information content (AvgIpc) is 2.79. The zero-order chi connectivity index (χ0) is 15.4. The molecule has 1 amide bonds. The molecule has 2 aromatic rings. The fraction of sp³-hybridized carbons (Fsp3) is 0.308. The maximum atomic E-state index is 11.4. The Bertz CT molecular complexity index is 685. The number of carboxylic acids is 1. The fourth-order valence-electron chi connectivity index (χ4n) is 1.83. The number of carbonyl (C=O) groups is 2. The van der Waals surface area contributed by atoms with Gasteiger partial charge in [0.1, 0.15) is 0 Å². The lowest BCUT2D eigenvalue weighted by Crippen LogP contribution is -2.26. The van der Waals surface area contributed by atoms with E-state index in [0.29, 0.717) is 28.7 Å². The number of carboxylic acid groups (broad SMARTS) is 1. The fourth-order valence-corrected chi connectivity index (χ4v) is 2.36. The molecule has 0 spiro atoms. The highest BCUT2D eigenvalue weighted by molar-refractivity contribution is 6.36. The molecule has 2 aromatic heterocycles. The summed E-state index contributed by atoms with van der Waals surface area (Å²) in [6.07, 6.45) is 3.81. The summed E-state index contributed by atoms with van der Waals surface area (Å²) in [5.41, 5.74) is 1.37. The third kappa shape index (κ3) is 4.34. The molecule has 0 fully saturated rings. The molecule has 0 unspecified atom stereocenters. The molecule has 0 atom stereocenters. The maximum Gasteiger partial charge on any atom is 0.303 e. The standard InChI is InChI=1S/C13H13Cl2N3O3/c14-8-5-10(15)13-17-9(7-18(13)6-8)3-4-16-11(19)1-2-12(20)21/h5-7H,1-4H2,(H,16,19)(H,20,21). The predicted molar refractivity (Wildman–Crippen MR) is 78.8 cm³/mol. The molecule has 8 heteroatoms. The van der Waals surface area contributed by atoms with Crippen LogP contribution in [0.3, 0.4) is 0 Å². The number of hydrogen-bond donors (Lipinski definition) is 2. The number of amides is 1. The first-order valence-electron chi connectivity index (χ1n) is 6.27. The van der Waals surface area contributed by atoms with E-state index in [1.165, 1.54) is 0 Å². The van der Waals surface area contributed by atoms with E-state index in [-0.39, 0.29) is 18.7 Å². The number of fused-ring (bicyclic) bond motifs is 1. The zero-order valence-electron chi connectivity index (χ0n) is 11.0. The molecule has 2 heterocycles. The van der Waals surface area contributed by atoms with Gasteiger partial charge in [-0.1, -0.05) is 23.2 Å². The van der Waals surface area contributed by atoms with Crippen LogP contribution < -0.4 is 5.32 Å². The summed E-state index contributed by atoms with van der Waals surface area (Å²) >= 11 is 11.9. The summed E-state index contributed by atoms with van der Waals surface area (Å²) in [4.78, 5) is 26.1. The van der Waals surface area contributed by atoms with Gasteiger partial charge >= 0.3 is 5.97 Å². The summed E-state index contributed by atoms with van der Waals surface area (Å²) in [6, 6.07) is 1.61. The molecule has 0 saturated carbocycles. The molecule has 2 N–H and O–H groups in total. The highest BCUT2D eigenvalue weighted by Gasteiger charge is 2.08. The summed E-state index contributed by atoms with van der Waals surface area (Å²) in [6.45, 7) is 0.383. The van der Waals surface area contributed by atoms with E-state index in [9.17, 15) is 9.59 Å². The number of aliphatic carboxylic acids is 1. The average molecular weight is 330 g/mol. The van der Waals surface area contributed by atoms with E-state index in [0.717, 1.165) is 5.69 Å². The topological polar surface area (TPSA) is 83.7 Å². The summed E-state index contributed by atoms with van der Waals surface area (Å²) in [7, 11) is 0. The lowest BCUT2D eigenvalue weighted by Gasteiger charge is -2.01. The van der Waals surface area contributed by atoms with Crippen LogP contribution in [0.1, 0.15) is 18.5 Å². The molecule has 0 bridgehead atoms. The van der Waals surface area contributed by atoms with Crippen molar-refractivity contribution in [2.45, 2.75) is 19.3 Å². The SMILES string of the molecule is O=C(O)CCC(=O)NCCc1cn2cc(Cl)cc(Cl)c2n1. The number of rotatable bonds is 6. The normalized spacial score (nSPS) is 10.8. The van der Waals surface area contributed by atoms with Gasteiger partial charge in [-0.15, -0.1) is 0 Å². The van der Waals surface area contributed by atoms with Crippen LogP contribution in [0.4, 0.5) is 0 Å². The molecule has 0 saturated heterocycles. The monoisotopic (exact) mass is 329 g/mol. The van der Waals surface area contributed by atoms with Crippen molar-refractivity contribution in [3.8, 4) is 0 Å². The van der Waals surface area contributed by atoms with Gasteiger partial charge in [-0.05, 0) is 6.07 Å². The Morgan fingerprint density at radius 2 is 2.05 bits per heavy atom. The van der Waals surface area contributed by atoms with Gasteiger partial charge in [0.25, 0.3) is 0 Å². The van der Waals surface area contributed by atoms with E-state index in [4.69, 9.17) is 28.3 Å². The van der Waals surface area contributed by atoms with Gasteiger partial charge in [-0.25, -0.2) is 4.98 Å². The van der Waals surface area contributed by atoms with Crippen molar-refractivity contribution in [1.82, 2.24) is 14.7 Å². The maximum absolute atomic E-state index is 11.4. The molecular formula is C13H13Cl2N3O3. The third-order valence-corrected chi connectivity index (χ3v) is 3.28. The summed E-state index contributed by atoms with van der Waals surface area (Å²) < 4.78 is 1.73. The van der Waals surface area contributed by atoms with Gasteiger partial charge < -0.3 is 14.8 Å². The zero-order valence-corrected chi connectivity index (χ0v) is 12.5. The molecule has 0 aromatic carbocycles. The van der Waals surface area contributed by atoms with Gasteiger partial charge in [0.15, 0.2) is 5.65 Å². The Balaban J connectivity index is 1.91. The van der Waals surface area contributed by atoms with E-state index in [1.807, 2.05) is 0 Å². The van der Waals surface area contributed by atoms with Crippen molar-refractivity contribution in [1.29, 1.82) is 0 Å². The van der Waals surface area contributed by atoms with E-state index in [2.05, 4.69) is 10.3 Å². The second-order valence-corrected chi connectivity index (χ2v) is 5.31. The summed E-state index contributed by atoms with van der Waals surface area (Å²) in [5, 5.41) is 12.1. The van der Waals surface area contributed by atoms with Crippen molar-refractivity contribution in [3.05, 3.63) is 34.2 Å². The second kappa shape index (κ2) is 6.78. The molecule has 0 aliphatic heterocycles. The van der Waals surface area contributed by atoms with Crippen LogP contribution in [0.15, 0.2) is 18.5 Å². The van der Waals surface area contributed by atoms with E-state index < -0.39 is 5.97 Å². The number of halogens is 2. The van der Waals surface area contributed by atoms with Crippen LogP contribution in [-0.2, 0) is 16.0 Å². The third-order valence-electron chi connectivity index (χ3n) is 2.79. The Hall–Kier alpha value is -1.79. The van der Waals surface area contributed by atoms with Crippen molar-refractivity contribution in [3.63, 3.8) is 0 Å². The highest BCUT2D eigenvalue weighted by atomic mass is 35.5. The largest absolute Gasteiger partial charge is 0.481 e. The Kier molecular flexibility index (Phi) is 5.03. The number of imidazole rings is 1. The van der Waals surface area contributed by atoms with Crippen molar-refractivity contribution in [2.24, 2.45) is 0 Å². The molecule has 0 aliphatic carbocycles. The molecular weight excluding hydrogens is 317 g/mol. The van der Waals surface area contributed by atoms with Gasteiger partial charge in [0.05, 0.1) is 22.2 Å². The number of carbonyl (C=O) groups excluding carboxylic acids is 1. The van der Waals surface area contributed by atoms with Gasteiger partial charge in [-0.3, -0.25) is 9.59 Å². The quantitative estimate of drug-likeness (QED) is 0.850. The van der Waals surface area contributed by atoms with Gasteiger partial charge in [-0.2, -0.15) is 0 Å². The van der Waals surface area contributed by atoms with Gasteiger partial charge in [0.2, 0.25) is 5.91 Å². The van der Waals surface area contributed by atoms with Crippen LogP contribution in [-0.4, -0.2) is 32.9 Å². The Labute approximate surface area is 130 Å². The number of nitrogens with one attached hydrogen (secondary N) is 1. The van der Waals surface area contributed by atoms with Crippen LogP contribution >= 0.6 is 23.2 Å². The van der Waals surface area contributed by atoms with Crippen LogP contribution in [0.5, 0.6) is 0 Å². The molecule has 0 aliphatic rings. The Morgan fingerprint density at radius 3 is 2.76 bits per heavy atom. The van der Waals surface area contributed by atoms with Crippen molar-refractivity contribution >= 4 is 40.7 Å². The molecule has 6 nitrogen and oxygen atoms in total. The van der Waals surface area contributed by atoms with Crippen molar-refractivity contribution < 1.29 is 14.7 Å². The van der Waals surface area contributed by atoms with Crippen LogP contribution in [0.2, 0.25) is 10.0 Å². The minimum Gasteiger partial charge on any atom is -0.481 e. The number of aromatic nitrogens is 2. The summed E-state index contributed by atoms with van der Waals surface area (Å²) in [5.74, 6) is -1.28. The van der Waals surface area contributed by atoms with Crippen molar-refractivity contribution in [2.75, 3.05) is 6.54 Å². The highest BCUT2D eigenvalue weighted by Crippen LogP contribution is 2.21. The lowest BCUT2D eigenvalue weighted by atomic mass is 10.3. The number of hydrogen-bond acceptors (Lipinski definition) is 3. The first-order valence-corrected chi connectivity index (χ1v) is 7.02. The first kappa shape index (κ1) is 15.6. The smallest absolute Gasteiger partial charge is 0.303 e. The van der Waals surface area contributed by atoms with Crippen LogP contribution in [0, 0.1) is 0 Å². The number of pyridine rings is 1. The first-order chi connectivity index (χ1) is 9.95. The molecule has 0 radical (unpaired) electrons. The number of nitrogens with zero attached hydrogens (tertiary/aromatic N) is 2. The molecule has 2 rings (SSSR count). The lowest BCUT2D eigenvalue weighted by molar-refractivity contribution is -0.138. The minimum atomic E-state index is -0.989.